The maximum Gasteiger partial charge on any atom is 0.273 e. The Labute approximate surface area is 149 Å². The number of carbonyl (C=O) groups is 2. The molecule has 0 fully saturated rings. The monoisotopic (exact) mass is 361 g/mol. The predicted molar refractivity (Wildman–Crippen MR) is 94.0 cm³/mol. The molecule has 1 aromatic rings. The summed E-state index contributed by atoms with van der Waals surface area (Å²) in [7, 11) is 1.51. The summed E-state index contributed by atoms with van der Waals surface area (Å²) < 4.78 is 14.4. The molecule has 2 atom stereocenters. The van der Waals surface area contributed by atoms with E-state index in [1.54, 1.807) is 13.8 Å². The van der Waals surface area contributed by atoms with Crippen LogP contribution in [0.2, 0.25) is 0 Å². The first kappa shape index (κ1) is 17.8. The summed E-state index contributed by atoms with van der Waals surface area (Å²) in [5, 5.41) is 6.39. The number of guanidine groups is 1. The first-order valence-electron chi connectivity index (χ1n) is 8.15. The van der Waals surface area contributed by atoms with Gasteiger partial charge in [0.15, 0.2) is 5.96 Å². The summed E-state index contributed by atoms with van der Waals surface area (Å²) in [6, 6.07) is 4.12. The third-order valence-corrected chi connectivity index (χ3v) is 4.46. The van der Waals surface area contributed by atoms with Crippen molar-refractivity contribution in [2.24, 2.45) is 15.9 Å². The average Bonchev–Trinajstić information content (AvgIpc) is 3.01. The highest BCUT2D eigenvalue weighted by atomic mass is 19.1. The van der Waals surface area contributed by atoms with Crippen molar-refractivity contribution in [2.45, 2.75) is 38.3 Å². The van der Waals surface area contributed by atoms with Gasteiger partial charge in [-0.15, -0.1) is 0 Å². The van der Waals surface area contributed by atoms with Gasteiger partial charge < -0.3 is 15.9 Å². The van der Waals surface area contributed by atoms with Gasteiger partial charge in [-0.2, -0.15) is 0 Å². The number of amides is 2. The number of nitrogens with one attached hydrogen (secondary N) is 1. The Hall–Kier alpha value is -2.97. The van der Waals surface area contributed by atoms with Crippen LogP contribution in [0.15, 0.2) is 28.3 Å². The lowest BCUT2D eigenvalue weighted by Gasteiger charge is -2.34. The maximum absolute atomic E-state index is 14.4. The zero-order chi connectivity index (χ0) is 19.1. The van der Waals surface area contributed by atoms with E-state index in [4.69, 9.17) is 10.6 Å². The molecule has 3 N–H and O–H groups in total. The fourth-order valence-electron chi connectivity index (χ4n) is 2.92. The van der Waals surface area contributed by atoms with Crippen LogP contribution in [0.1, 0.15) is 32.3 Å². The number of benzene rings is 1. The molecule has 8 nitrogen and oxygen atoms in total. The topological polar surface area (TPSA) is 109 Å². The van der Waals surface area contributed by atoms with Crippen LogP contribution < -0.4 is 11.1 Å². The van der Waals surface area contributed by atoms with Crippen LogP contribution in [0.25, 0.3) is 0 Å². The zero-order valence-corrected chi connectivity index (χ0v) is 14.7. The van der Waals surface area contributed by atoms with E-state index in [9.17, 15) is 14.0 Å². The number of anilines is 1. The number of hydrogen-bond donors (Lipinski definition) is 2. The maximum atomic E-state index is 14.4. The SMILES string of the molecule is CC1CC(C(=O)Nc2ccc(F)c(C3(C)CC(=O)N(C)C(N)=N3)c2)=NO1. The molecule has 0 spiro atoms. The summed E-state index contributed by atoms with van der Waals surface area (Å²) in [5.41, 5.74) is 5.45. The fraction of sp³-hybridized carbons (Fsp3) is 0.412. The third kappa shape index (κ3) is 3.24. The van der Waals surface area contributed by atoms with Gasteiger partial charge >= 0.3 is 0 Å². The first-order valence-corrected chi connectivity index (χ1v) is 8.15. The van der Waals surface area contributed by atoms with E-state index in [0.717, 1.165) is 0 Å². The van der Waals surface area contributed by atoms with Crippen LogP contribution in [-0.2, 0) is 20.0 Å². The van der Waals surface area contributed by atoms with Gasteiger partial charge in [0.05, 0.1) is 12.0 Å². The number of oxime groups is 1. The Kier molecular flexibility index (Phi) is 4.39. The smallest absolute Gasteiger partial charge is 0.273 e. The van der Waals surface area contributed by atoms with Crippen LogP contribution in [0, 0.1) is 5.82 Å². The van der Waals surface area contributed by atoms with Crippen molar-refractivity contribution in [1.29, 1.82) is 0 Å². The molecule has 0 bridgehead atoms. The van der Waals surface area contributed by atoms with Crippen molar-refractivity contribution in [3.63, 3.8) is 0 Å². The van der Waals surface area contributed by atoms with Gasteiger partial charge in [0.25, 0.3) is 5.91 Å². The predicted octanol–water partition coefficient (Wildman–Crippen LogP) is 1.32. The molecule has 2 amide bonds. The normalized spacial score (nSPS) is 25.5. The number of nitrogens with two attached hydrogens (primary N) is 1. The van der Waals surface area contributed by atoms with Gasteiger partial charge in [-0.3, -0.25) is 14.5 Å². The lowest BCUT2D eigenvalue weighted by atomic mass is 9.87. The Bertz CT molecular complexity index is 838. The van der Waals surface area contributed by atoms with Gasteiger partial charge in [0.2, 0.25) is 5.91 Å². The molecule has 9 heteroatoms. The Balaban J connectivity index is 1.89. The zero-order valence-electron chi connectivity index (χ0n) is 14.7. The summed E-state index contributed by atoms with van der Waals surface area (Å²) >= 11 is 0. The minimum atomic E-state index is -1.15. The molecule has 138 valence electrons. The molecule has 3 rings (SSSR count). The van der Waals surface area contributed by atoms with E-state index in [1.165, 1.54) is 30.1 Å². The summed E-state index contributed by atoms with van der Waals surface area (Å²) in [5.74, 6) is -1.20. The van der Waals surface area contributed by atoms with Gasteiger partial charge in [-0.25, -0.2) is 9.38 Å². The van der Waals surface area contributed by atoms with E-state index in [2.05, 4.69) is 15.5 Å². The summed E-state index contributed by atoms with van der Waals surface area (Å²) in [6.45, 7) is 3.44. The van der Waals surface area contributed by atoms with Crippen molar-refractivity contribution in [3.05, 3.63) is 29.6 Å². The Morgan fingerprint density at radius 3 is 2.85 bits per heavy atom. The number of rotatable bonds is 3. The second-order valence-electron chi connectivity index (χ2n) is 6.68. The highest BCUT2D eigenvalue weighted by Crippen LogP contribution is 2.35. The van der Waals surface area contributed by atoms with Crippen LogP contribution in [0.3, 0.4) is 0 Å². The molecule has 26 heavy (non-hydrogen) atoms. The molecule has 0 aromatic heterocycles. The molecular weight excluding hydrogens is 341 g/mol. The average molecular weight is 361 g/mol. The van der Waals surface area contributed by atoms with Crippen LogP contribution in [0.5, 0.6) is 0 Å². The second kappa shape index (κ2) is 6.40. The Morgan fingerprint density at radius 2 is 2.23 bits per heavy atom. The molecule has 2 heterocycles. The molecule has 2 unspecified atom stereocenters. The largest absolute Gasteiger partial charge is 0.392 e. The van der Waals surface area contributed by atoms with Crippen molar-refractivity contribution < 1.29 is 18.8 Å². The number of carbonyl (C=O) groups excluding carboxylic acids is 2. The molecule has 0 radical (unpaired) electrons. The highest BCUT2D eigenvalue weighted by Gasteiger charge is 2.38. The standard InChI is InChI=1S/C17H20FN5O3/c1-9-6-13(22-26-9)15(25)20-10-4-5-12(18)11(7-10)17(2)8-14(24)23(3)16(19)21-17/h4-5,7,9H,6,8H2,1-3H3,(H2,19,21)(H,20,25). The molecular formula is C17H20FN5O3. The Morgan fingerprint density at radius 1 is 1.50 bits per heavy atom. The van der Waals surface area contributed by atoms with Gasteiger partial charge in [0.1, 0.15) is 17.6 Å². The summed E-state index contributed by atoms with van der Waals surface area (Å²) in [4.78, 5) is 34.9. The fourth-order valence-corrected chi connectivity index (χ4v) is 2.92. The van der Waals surface area contributed by atoms with Crippen LogP contribution >= 0.6 is 0 Å². The highest BCUT2D eigenvalue weighted by molar-refractivity contribution is 6.43. The van der Waals surface area contributed by atoms with E-state index in [-0.39, 0.29) is 35.7 Å². The van der Waals surface area contributed by atoms with Crippen molar-refractivity contribution in [2.75, 3.05) is 12.4 Å². The number of nitrogens with zero attached hydrogens (tertiary/aromatic N) is 3. The van der Waals surface area contributed by atoms with Crippen LogP contribution in [-0.4, -0.2) is 41.5 Å². The lowest BCUT2D eigenvalue weighted by Crippen LogP contribution is -2.47. The van der Waals surface area contributed by atoms with E-state index >= 15 is 0 Å². The molecule has 0 aliphatic carbocycles. The molecule has 1 aromatic carbocycles. The second-order valence-corrected chi connectivity index (χ2v) is 6.68. The number of hydrogen-bond acceptors (Lipinski definition) is 6. The van der Waals surface area contributed by atoms with Crippen LogP contribution in [0.4, 0.5) is 10.1 Å². The van der Waals surface area contributed by atoms with E-state index < -0.39 is 17.3 Å². The van der Waals surface area contributed by atoms with Crippen molar-refractivity contribution >= 4 is 29.2 Å². The molecule has 2 aliphatic heterocycles. The third-order valence-electron chi connectivity index (χ3n) is 4.46. The molecule has 0 saturated carbocycles. The quantitative estimate of drug-likeness (QED) is 0.846. The van der Waals surface area contributed by atoms with Gasteiger partial charge in [0, 0.05) is 24.7 Å². The minimum Gasteiger partial charge on any atom is -0.392 e. The van der Waals surface area contributed by atoms with E-state index in [0.29, 0.717) is 12.1 Å². The van der Waals surface area contributed by atoms with E-state index in [1.807, 2.05) is 0 Å². The van der Waals surface area contributed by atoms with Crippen molar-refractivity contribution in [1.82, 2.24) is 4.90 Å². The summed E-state index contributed by atoms with van der Waals surface area (Å²) in [6.07, 6.45) is 0.219. The number of halogens is 1. The molecule has 0 saturated heterocycles. The first-order chi connectivity index (χ1) is 12.2. The van der Waals surface area contributed by atoms with Crippen molar-refractivity contribution in [3.8, 4) is 0 Å². The lowest BCUT2D eigenvalue weighted by molar-refractivity contribution is -0.128. The molecule has 2 aliphatic rings. The van der Waals surface area contributed by atoms with Gasteiger partial charge in [-0.1, -0.05) is 5.16 Å². The minimum absolute atomic E-state index is 0.0176. The van der Waals surface area contributed by atoms with Gasteiger partial charge in [-0.05, 0) is 32.0 Å². The number of aliphatic imine (C=N–C) groups is 1.